The molecule has 0 aliphatic rings. The number of methoxy groups -OCH3 is 4. The molecule has 43 heavy (non-hydrogen) atoms. The number of hydrogen-bond donors (Lipinski definition) is 2. The van der Waals surface area contributed by atoms with Crippen LogP contribution in [0.5, 0.6) is 23.0 Å². The molecule has 0 saturated carbocycles. The molecule has 0 radical (unpaired) electrons. The van der Waals surface area contributed by atoms with Gasteiger partial charge in [-0.15, -0.1) is 22.7 Å². The fraction of sp³-hybridized carbons (Fsp3) is 0.355. The van der Waals surface area contributed by atoms with Gasteiger partial charge in [0, 0.05) is 34.7 Å². The van der Waals surface area contributed by atoms with Gasteiger partial charge in [0.2, 0.25) is 11.8 Å². The SMILES string of the molecule is COc1ccc(OC)c(-c2csc(NC(=O)CCCCCCCC(=O)Nc3nc(-c4cc(OC)ccc4OC)cs3)n2)c1. The zero-order valence-corrected chi connectivity index (χ0v) is 26.4. The van der Waals surface area contributed by atoms with Crippen LogP contribution in [0.25, 0.3) is 22.5 Å². The van der Waals surface area contributed by atoms with Crippen LogP contribution in [-0.4, -0.2) is 50.2 Å². The molecule has 4 aromatic rings. The van der Waals surface area contributed by atoms with Crippen LogP contribution in [0.3, 0.4) is 0 Å². The molecule has 2 heterocycles. The van der Waals surface area contributed by atoms with Gasteiger partial charge < -0.3 is 29.6 Å². The Morgan fingerprint density at radius 1 is 0.628 bits per heavy atom. The van der Waals surface area contributed by atoms with Crippen LogP contribution >= 0.6 is 22.7 Å². The first-order valence-corrected chi connectivity index (χ1v) is 15.7. The number of benzene rings is 2. The lowest BCUT2D eigenvalue weighted by Crippen LogP contribution is -2.11. The topological polar surface area (TPSA) is 121 Å². The van der Waals surface area contributed by atoms with Gasteiger partial charge in [0.15, 0.2) is 10.3 Å². The van der Waals surface area contributed by atoms with Crippen LogP contribution in [0, 0.1) is 0 Å². The highest BCUT2D eigenvalue weighted by atomic mass is 32.1. The zero-order valence-electron chi connectivity index (χ0n) is 24.7. The molecule has 0 bridgehead atoms. The maximum absolute atomic E-state index is 12.4. The molecule has 0 atom stereocenters. The summed E-state index contributed by atoms with van der Waals surface area (Å²) in [6.45, 7) is 0. The molecular weight excluding hydrogens is 588 g/mol. The fourth-order valence-electron chi connectivity index (χ4n) is 4.40. The van der Waals surface area contributed by atoms with Gasteiger partial charge in [-0.2, -0.15) is 0 Å². The quantitative estimate of drug-likeness (QED) is 0.125. The Labute approximate surface area is 259 Å². The highest BCUT2D eigenvalue weighted by molar-refractivity contribution is 7.14. The number of aromatic nitrogens is 2. The van der Waals surface area contributed by atoms with Crippen molar-refractivity contribution in [3.63, 3.8) is 0 Å². The van der Waals surface area contributed by atoms with Crippen LogP contribution in [0.4, 0.5) is 10.3 Å². The standard InChI is InChI=1S/C31H36N4O6S2/c1-38-20-12-14-26(40-3)22(16-20)24-18-42-30(32-24)34-28(36)10-8-6-5-7-9-11-29(37)35-31-33-25(19-43-31)23-17-21(39-2)13-15-27(23)41-4/h12-19H,5-11H2,1-4H3,(H,32,34,36)(H,33,35,37). The Morgan fingerprint density at radius 3 is 1.44 bits per heavy atom. The van der Waals surface area contributed by atoms with Crippen LogP contribution in [0.2, 0.25) is 0 Å². The van der Waals surface area contributed by atoms with Crippen molar-refractivity contribution in [2.75, 3.05) is 39.1 Å². The predicted octanol–water partition coefficient (Wildman–Crippen LogP) is 7.28. The van der Waals surface area contributed by atoms with Gasteiger partial charge in [-0.05, 0) is 49.2 Å². The van der Waals surface area contributed by atoms with Gasteiger partial charge in [0.1, 0.15) is 23.0 Å². The summed E-state index contributed by atoms with van der Waals surface area (Å²) >= 11 is 2.74. The third-order valence-corrected chi connectivity index (χ3v) is 8.19. The largest absolute Gasteiger partial charge is 0.497 e. The van der Waals surface area contributed by atoms with Crippen molar-refractivity contribution in [2.45, 2.75) is 44.9 Å². The molecule has 0 saturated heterocycles. The Bertz CT molecular complexity index is 1410. The summed E-state index contributed by atoms with van der Waals surface area (Å²) < 4.78 is 21.5. The summed E-state index contributed by atoms with van der Waals surface area (Å²) in [7, 11) is 6.43. The number of thiazole rings is 2. The first-order chi connectivity index (χ1) is 20.9. The molecule has 2 amide bonds. The van der Waals surface area contributed by atoms with E-state index in [1.807, 2.05) is 47.2 Å². The molecule has 2 aromatic heterocycles. The summed E-state index contributed by atoms with van der Waals surface area (Å²) in [6, 6.07) is 11.0. The summed E-state index contributed by atoms with van der Waals surface area (Å²) in [5.74, 6) is 2.65. The van der Waals surface area contributed by atoms with E-state index in [1.54, 1.807) is 28.4 Å². The van der Waals surface area contributed by atoms with Crippen molar-refractivity contribution in [1.29, 1.82) is 0 Å². The molecule has 4 rings (SSSR count). The number of nitrogens with zero attached hydrogens (tertiary/aromatic N) is 2. The first-order valence-electron chi connectivity index (χ1n) is 13.9. The summed E-state index contributed by atoms with van der Waals surface area (Å²) in [4.78, 5) is 34.0. The second-order valence-corrected chi connectivity index (χ2v) is 11.3. The third kappa shape index (κ3) is 8.91. The lowest BCUT2D eigenvalue weighted by Gasteiger charge is -2.08. The van der Waals surface area contributed by atoms with Gasteiger partial charge in [0.25, 0.3) is 0 Å². The average Bonchev–Trinajstić information content (AvgIpc) is 3.69. The number of carbonyl (C=O) groups is 2. The van der Waals surface area contributed by atoms with Gasteiger partial charge >= 0.3 is 0 Å². The van der Waals surface area contributed by atoms with E-state index in [-0.39, 0.29) is 11.8 Å². The van der Waals surface area contributed by atoms with E-state index in [1.165, 1.54) is 22.7 Å². The third-order valence-electron chi connectivity index (χ3n) is 6.67. The zero-order chi connectivity index (χ0) is 30.6. The Balaban J connectivity index is 1.12. The molecule has 0 unspecified atom stereocenters. The first kappa shape index (κ1) is 31.8. The fourth-order valence-corrected chi connectivity index (χ4v) is 5.86. The van der Waals surface area contributed by atoms with Crippen molar-refractivity contribution in [1.82, 2.24) is 9.97 Å². The highest BCUT2D eigenvalue weighted by Crippen LogP contribution is 2.36. The van der Waals surface area contributed by atoms with Gasteiger partial charge in [0.05, 0.1) is 39.8 Å². The molecule has 2 aromatic carbocycles. The van der Waals surface area contributed by atoms with Gasteiger partial charge in [-0.25, -0.2) is 9.97 Å². The van der Waals surface area contributed by atoms with E-state index in [2.05, 4.69) is 20.6 Å². The van der Waals surface area contributed by atoms with Crippen molar-refractivity contribution in [3.05, 3.63) is 47.2 Å². The second-order valence-electron chi connectivity index (χ2n) is 9.57. The summed E-state index contributed by atoms with van der Waals surface area (Å²) in [5.41, 5.74) is 3.04. The number of amides is 2. The summed E-state index contributed by atoms with van der Waals surface area (Å²) in [5, 5.41) is 10.6. The van der Waals surface area contributed by atoms with Crippen LogP contribution in [-0.2, 0) is 9.59 Å². The van der Waals surface area contributed by atoms with E-state index < -0.39 is 0 Å². The molecule has 10 nitrogen and oxygen atoms in total. The lowest BCUT2D eigenvalue weighted by atomic mass is 10.1. The van der Waals surface area contributed by atoms with E-state index in [4.69, 9.17) is 18.9 Å². The van der Waals surface area contributed by atoms with E-state index in [0.717, 1.165) is 43.2 Å². The number of hydrogen-bond acceptors (Lipinski definition) is 10. The van der Waals surface area contributed by atoms with E-state index >= 15 is 0 Å². The van der Waals surface area contributed by atoms with Crippen LogP contribution in [0.15, 0.2) is 47.2 Å². The van der Waals surface area contributed by atoms with E-state index in [0.29, 0.717) is 57.5 Å². The average molecular weight is 625 g/mol. The Morgan fingerprint density at radius 2 is 1.05 bits per heavy atom. The predicted molar refractivity (Wildman–Crippen MR) is 171 cm³/mol. The molecule has 228 valence electrons. The molecule has 0 aliphatic heterocycles. The number of unbranched alkanes of at least 4 members (excludes halogenated alkanes) is 4. The Hall–Kier alpha value is -4.16. The monoisotopic (exact) mass is 624 g/mol. The minimum Gasteiger partial charge on any atom is -0.497 e. The van der Waals surface area contributed by atoms with Crippen molar-refractivity contribution in [2.24, 2.45) is 0 Å². The van der Waals surface area contributed by atoms with Gasteiger partial charge in [-0.1, -0.05) is 19.3 Å². The number of anilines is 2. The minimum absolute atomic E-state index is 0.0627. The maximum Gasteiger partial charge on any atom is 0.226 e. The van der Waals surface area contributed by atoms with Crippen molar-refractivity contribution < 1.29 is 28.5 Å². The molecule has 0 aliphatic carbocycles. The number of rotatable bonds is 16. The van der Waals surface area contributed by atoms with Crippen LogP contribution < -0.4 is 29.6 Å². The number of ether oxygens (including phenoxy) is 4. The summed E-state index contributed by atoms with van der Waals surface area (Å²) in [6.07, 6.45) is 5.17. The van der Waals surface area contributed by atoms with Crippen molar-refractivity contribution in [3.8, 4) is 45.5 Å². The Kier molecular flexibility index (Phi) is 11.7. The van der Waals surface area contributed by atoms with Crippen LogP contribution in [0.1, 0.15) is 44.9 Å². The number of nitrogens with one attached hydrogen (secondary N) is 2. The number of carbonyl (C=O) groups excluding carboxylic acids is 2. The van der Waals surface area contributed by atoms with E-state index in [9.17, 15) is 9.59 Å². The second kappa shape index (κ2) is 15.9. The molecule has 0 fully saturated rings. The normalized spacial score (nSPS) is 10.7. The molecule has 0 spiro atoms. The minimum atomic E-state index is -0.0627. The molecule has 12 heteroatoms. The van der Waals surface area contributed by atoms with Crippen molar-refractivity contribution >= 4 is 44.8 Å². The highest BCUT2D eigenvalue weighted by Gasteiger charge is 2.15. The lowest BCUT2D eigenvalue weighted by molar-refractivity contribution is -0.117. The smallest absolute Gasteiger partial charge is 0.226 e. The maximum atomic E-state index is 12.4. The molecular formula is C31H36N4O6S2. The molecule has 2 N–H and O–H groups in total. The van der Waals surface area contributed by atoms with Gasteiger partial charge in [-0.3, -0.25) is 9.59 Å².